The molecule has 20 heavy (non-hydrogen) atoms. The van der Waals surface area contributed by atoms with Crippen LogP contribution in [0.25, 0.3) is 11.6 Å². The van der Waals surface area contributed by atoms with Gasteiger partial charge in [-0.1, -0.05) is 20.3 Å². The van der Waals surface area contributed by atoms with Crippen LogP contribution in [0.5, 0.6) is 0 Å². The molecule has 0 bridgehead atoms. The number of nitrogen functional groups attached to an aromatic ring is 1. The van der Waals surface area contributed by atoms with E-state index in [4.69, 9.17) is 10.3 Å². The van der Waals surface area contributed by atoms with E-state index in [0.717, 1.165) is 30.2 Å². The molecule has 5 heteroatoms. The largest absolute Gasteiger partial charge is 0.457 e. The fourth-order valence-corrected chi connectivity index (χ4v) is 2.46. The number of rotatable bonds is 5. The monoisotopic (exact) mass is 272 g/mol. The van der Waals surface area contributed by atoms with Crippen LogP contribution in [0.3, 0.4) is 0 Å². The minimum atomic E-state index is 0.565. The zero-order valence-electron chi connectivity index (χ0n) is 11.9. The molecule has 0 saturated heterocycles. The van der Waals surface area contributed by atoms with E-state index >= 15 is 0 Å². The third-order valence-corrected chi connectivity index (χ3v) is 3.76. The van der Waals surface area contributed by atoms with Crippen molar-refractivity contribution in [3.05, 3.63) is 29.7 Å². The molecule has 0 radical (unpaired) electrons. The Morgan fingerprint density at radius 1 is 1.40 bits per heavy atom. The zero-order chi connectivity index (χ0) is 14.1. The van der Waals surface area contributed by atoms with E-state index in [9.17, 15) is 0 Å². The zero-order valence-corrected chi connectivity index (χ0v) is 11.9. The fourth-order valence-electron chi connectivity index (χ4n) is 2.46. The van der Waals surface area contributed by atoms with Crippen molar-refractivity contribution in [3.8, 4) is 11.6 Å². The van der Waals surface area contributed by atoms with Crippen molar-refractivity contribution in [1.29, 1.82) is 0 Å². The van der Waals surface area contributed by atoms with E-state index in [2.05, 4.69) is 29.2 Å². The second-order valence-corrected chi connectivity index (χ2v) is 5.48. The number of hydrogen-bond donors (Lipinski definition) is 2. The Bertz CT molecular complexity index is 608. The molecule has 2 atom stereocenters. The van der Waals surface area contributed by atoms with Crippen molar-refractivity contribution >= 4 is 5.82 Å². The Balaban J connectivity index is 1.91. The molecule has 5 nitrogen and oxygen atoms in total. The highest BCUT2D eigenvalue weighted by atomic mass is 16.3. The predicted octanol–water partition coefficient (Wildman–Crippen LogP) is 3.10. The van der Waals surface area contributed by atoms with Gasteiger partial charge in [-0.15, -0.1) is 0 Å². The van der Waals surface area contributed by atoms with Crippen molar-refractivity contribution in [1.82, 2.24) is 9.97 Å². The summed E-state index contributed by atoms with van der Waals surface area (Å²) in [6.45, 7) is 4.36. The summed E-state index contributed by atoms with van der Waals surface area (Å²) < 4.78 is 5.90. The van der Waals surface area contributed by atoms with Crippen LogP contribution in [0.15, 0.2) is 22.6 Å². The number of hydrazine groups is 1. The SMILES string of the molecule is CCCc1cc(NN)nc(-c2ccc(C3CC3C)o2)n1. The van der Waals surface area contributed by atoms with Crippen LogP contribution in [0, 0.1) is 5.92 Å². The molecular formula is C15H20N4O. The van der Waals surface area contributed by atoms with E-state index in [1.165, 1.54) is 6.42 Å². The molecule has 2 aromatic heterocycles. The van der Waals surface area contributed by atoms with E-state index < -0.39 is 0 Å². The summed E-state index contributed by atoms with van der Waals surface area (Å²) >= 11 is 0. The van der Waals surface area contributed by atoms with Gasteiger partial charge in [-0.05, 0) is 30.9 Å². The normalized spacial score (nSPS) is 20.9. The molecule has 3 rings (SSSR count). The Kier molecular flexibility index (Phi) is 3.44. The molecule has 0 amide bonds. The number of anilines is 1. The highest BCUT2D eigenvalue weighted by molar-refractivity contribution is 5.52. The molecule has 1 aliphatic rings. The molecule has 1 aliphatic carbocycles. The molecule has 2 aromatic rings. The van der Waals surface area contributed by atoms with Crippen LogP contribution < -0.4 is 11.3 Å². The third-order valence-electron chi connectivity index (χ3n) is 3.76. The molecule has 0 spiro atoms. The number of nitrogens with zero attached hydrogens (tertiary/aromatic N) is 2. The van der Waals surface area contributed by atoms with Crippen LogP contribution in [0.1, 0.15) is 44.1 Å². The van der Waals surface area contributed by atoms with Gasteiger partial charge in [0.05, 0.1) is 0 Å². The number of aryl methyl sites for hydroxylation is 1. The minimum Gasteiger partial charge on any atom is -0.457 e. The summed E-state index contributed by atoms with van der Waals surface area (Å²) in [6.07, 6.45) is 3.14. The summed E-state index contributed by atoms with van der Waals surface area (Å²) in [5.41, 5.74) is 3.57. The van der Waals surface area contributed by atoms with Gasteiger partial charge in [-0.25, -0.2) is 15.8 Å². The molecule has 2 heterocycles. The number of nitrogens with one attached hydrogen (secondary N) is 1. The van der Waals surface area contributed by atoms with Gasteiger partial charge in [0.2, 0.25) is 0 Å². The Morgan fingerprint density at radius 2 is 2.20 bits per heavy atom. The van der Waals surface area contributed by atoms with Gasteiger partial charge in [0.25, 0.3) is 0 Å². The summed E-state index contributed by atoms with van der Waals surface area (Å²) in [7, 11) is 0. The molecule has 3 N–H and O–H groups in total. The van der Waals surface area contributed by atoms with Gasteiger partial charge in [0.1, 0.15) is 11.6 Å². The average Bonchev–Trinajstić information content (AvgIpc) is 3.00. The standard InChI is InChI=1S/C15H20N4O/c1-3-4-10-8-14(19-16)18-15(17-10)13-6-5-12(20-13)11-7-9(11)2/h5-6,8-9,11H,3-4,7,16H2,1-2H3,(H,17,18,19). The molecule has 0 aliphatic heterocycles. The van der Waals surface area contributed by atoms with Crippen LogP contribution in [-0.2, 0) is 6.42 Å². The van der Waals surface area contributed by atoms with Crippen LogP contribution in [-0.4, -0.2) is 9.97 Å². The first kappa shape index (κ1) is 13.1. The van der Waals surface area contributed by atoms with Gasteiger partial charge in [-0.2, -0.15) is 0 Å². The van der Waals surface area contributed by atoms with Crippen molar-refractivity contribution in [3.63, 3.8) is 0 Å². The first-order valence-electron chi connectivity index (χ1n) is 7.16. The van der Waals surface area contributed by atoms with Gasteiger partial charge < -0.3 is 9.84 Å². The second-order valence-electron chi connectivity index (χ2n) is 5.48. The maximum atomic E-state index is 5.90. The van der Waals surface area contributed by atoms with E-state index in [-0.39, 0.29) is 0 Å². The lowest BCUT2D eigenvalue weighted by atomic mass is 10.2. The van der Waals surface area contributed by atoms with Gasteiger partial charge >= 0.3 is 0 Å². The molecule has 2 unspecified atom stereocenters. The Morgan fingerprint density at radius 3 is 2.85 bits per heavy atom. The van der Waals surface area contributed by atoms with Crippen molar-refractivity contribution in [2.75, 3.05) is 5.43 Å². The number of nitrogens with two attached hydrogens (primary N) is 1. The van der Waals surface area contributed by atoms with E-state index in [0.29, 0.717) is 23.3 Å². The molecule has 0 aromatic carbocycles. The molecule has 1 fully saturated rings. The van der Waals surface area contributed by atoms with Gasteiger partial charge in [0, 0.05) is 17.7 Å². The summed E-state index contributed by atoms with van der Waals surface area (Å²) in [5, 5.41) is 0. The summed E-state index contributed by atoms with van der Waals surface area (Å²) in [6, 6.07) is 5.86. The number of hydrogen-bond acceptors (Lipinski definition) is 5. The van der Waals surface area contributed by atoms with Crippen LogP contribution >= 0.6 is 0 Å². The summed E-state index contributed by atoms with van der Waals surface area (Å²) in [4.78, 5) is 8.93. The van der Waals surface area contributed by atoms with Gasteiger partial charge in [-0.3, -0.25) is 0 Å². The first-order chi connectivity index (χ1) is 9.71. The fraction of sp³-hybridized carbons (Fsp3) is 0.467. The smallest absolute Gasteiger partial charge is 0.197 e. The highest BCUT2D eigenvalue weighted by Crippen LogP contribution is 2.47. The first-order valence-corrected chi connectivity index (χ1v) is 7.16. The maximum Gasteiger partial charge on any atom is 0.197 e. The van der Waals surface area contributed by atoms with Crippen molar-refractivity contribution < 1.29 is 4.42 Å². The Labute approximate surface area is 118 Å². The quantitative estimate of drug-likeness (QED) is 0.646. The topological polar surface area (TPSA) is 77.0 Å². The average molecular weight is 272 g/mol. The lowest BCUT2D eigenvalue weighted by Gasteiger charge is -2.05. The van der Waals surface area contributed by atoms with Crippen LogP contribution in [0.2, 0.25) is 0 Å². The second kappa shape index (κ2) is 5.25. The summed E-state index contributed by atoms with van der Waals surface area (Å²) in [5.74, 6) is 9.74. The highest BCUT2D eigenvalue weighted by Gasteiger charge is 2.36. The molecule has 106 valence electrons. The lowest BCUT2D eigenvalue weighted by molar-refractivity contribution is 0.514. The third kappa shape index (κ3) is 2.54. The predicted molar refractivity (Wildman–Crippen MR) is 78.1 cm³/mol. The number of furan rings is 1. The van der Waals surface area contributed by atoms with Crippen molar-refractivity contribution in [2.24, 2.45) is 11.8 Å². The molecule has 1 saturated carbocycles. The lowest BCUT2D eigenvalue weighted by Crippen LogP contribution is -2.10. The number of aromatic nitrogens is 2. The Hall–Kier alpha value is -1.88. The molecular weight excluding hydrogens is 252 g/mol. The van der Waals surface area contributed by atoms with E-state index in [1.54, 1.807) is 0 Å². The minimum absolute atomic E-state index is 0.565. The van der Waals surface area contributed by atoms with Crippen LogP contribution in [0.4, 0.5) is 5.82 Å². The van der Waals surface area contributed by atoms with Gasteiger partial charge in [0.15, 0.2) is 11.6 Å². The van der Waals surface area contributed by atoms with Crippen molar-refractivity contribution in [2.45, 2.75) is 39.0 Å². The maximum absolute atomic E-state index is 5.90. The van der Waals surface area contributed by atoms with E-state index in [1.807, 2.05) is 18.2 Å².